The lowest BCUT2D eigenvalue weighted by atomic mass is 9.99. The fourth-order valence-electron chi connectivity index (χ4n) is 2.49. The van der Waals surface area contributed by atoms with Gasteiger partial charge >= 0.3 is 0 Å². The highest BCUT2D eigenvalue weighted by molar-refractivity contribution is 5.83. The summed E-state index contributed by atoms with van der Waals surface area (Å²) in [7, 11) is 0. The molecule has 2 rings (SSSR count). The molecule has 1 aromatic heterocycles. The zero-order valence-electron chi connectivity index (χ0n) is 12.5. The smallest absolute Gasteiger partial charge is 0.134 e. The highest BCUT2D eigenvalue weighted by Crippen LogP contribution is 2.29. The molecule has 0 atom stereocenters. The minimum Gasteiger partial charge on any atom is -0.459 e. The van der Waals surface area contributed by atoms with Crippen molar-refractivity contribution in [3.8, 4) is 0 Å². The Hall–Kier alpha value is -1.28. The SMILES string of the molecule is CCCNCc1oc2ccc(C(C)C)cc2c1CC. The summed E-state index contributed by atoms with van der Waals surface area (Å²) in [4.78, 5) is 0. The second-order valence-electron chi connectivity index (χ2n) is 5.44. The van der Waals surface area contributed by atoms with Crippen LogP contribution in [0.15, 0.2) is 22.6 Å². The fourth-order valence-corrected chi connectivity index (χ4v) is 2.49. The first kappa shape index (κ1) is 14.1. The molecule has 0 saturated heterocycles. The van der Waals surface area contributed by atoms with Crippen LogP contribution < -0.4 is 5.32 Å². The third kappa shape index (κ3) is 3.01. The van der Waals surface area contributed by atoms with Crippen molar-refractivity contribution < 1.29 is 4.42 Å². The van der Waals surface area contributed by atoms with Crippen molar-refractivity contribution in [3.05, 3.63) is 35.1 Å². The summed E-state index contributed by atoms with van der Waals surface area (Å²) in [6.45, 7) is 10.7. The maximum Gasteiger partial charge on any atom is 0.134 e. The molecule has 104 valence electrons. The molecule has 0 bridgehead atoms. The predicted molar refractivity (Wildman–Crippen MR) is 81.7 cm³/mol. The van der Waals surface area contributed by atoms with E-state index in [4.69, 9.17) is 4.42 Å². The molecule has 0 radical (unpaired) electrons. The van der Waals surface area contributed by atoms with Gasteiger partial charge in [0.1, 0.15) is 11.3 Å². The molecule has 1 N–H and O–H groups in total. The number of rotatable bonds is 6. The quantitative estimate of drug-likeness (QED) is 0.766. The lowest BCUT2D eigenvalue weighted by molar-refractivity contribution is 0.508. The molecule has 0 aliphatic heterocycles. The molecule has 0 saturated carbocycles. The number of hydrogen-bond acceptors (Lipinski definition) is 2. The van der Waals surface area contributed by atoms with Crippen LogP contribution in [-0.4, -0.2) is 6.54 Å². The van der Waals surface area contributed by atoms with E-state index >= 15 is 0 Å². The van der Waals surface area contributed by atoms with Crippen LogP contribution in [0.1, 0.15) is 56.9 Å². The second kappa shape index (κ2) is 6.25. The average Bonchev–Trinajstić information content (AvgIpc) is 2.75. The van der Waals surface area contributed by atoms with Crippen LogP contribution in [0.25, 0.3) is 11.0 Å². The molecule has 2 heteroatoms. The van der Waals surface area contributed by atoms with E-state index in [0.29, 0.717) is 5.92 Å². The van der Waals surface area contributed by atoms with Gasteiger partial charge in [0.05, 0.1) is 6.54 Å². The summed E-state index contributed by atoms with van der Waals surface area (Å²) < 4.78 is 6.01. The number of benzene rings is 1. The van der Waals surface area contributed by atoms with Crippen molar-refractivity contribution in [1.82, 2.24) is 5.32 Å². The van der Waals surface area contributed by atoms with Gasteiger partial charge in [-0.1, -0.05) is 33.8 Å². The first-order valence-electron chi connectivity index (χ1n) is 7.42. The average molecular weight is 259 g/mol. The van der Waals surface area contributed by atoms with Crippen molar-refractivity contribution in [2.45, 2.75) is 53.0 Å². The van der Waals surface area contributed by atoms with Gasteiger partial charge in [0.2, 0.25) is 0 Å². The Labute approximate surface area is 116 Å². The van der Waals surface area contributed by atoms with Crippen molar-refractivity contribution >= 4 is 11.0 Å². The van der Waals surface area contributed by atoms with E-state index in [-0.39, 0.29) is 0 Å². The van der Waals surface area contributed by atoms with Crippen molar-refractivity contribution in [2.24, 2.45) is 0 Å². The molecule has 0 amide bonds. The predicted octanol–water partition coefficient (Wildman–Crippen LogP) is 4.62. The molecule has 0 unspecified atom stereocenters. The highest BCUT2D eigenvalue weighted by Gasteiger charge is 2.13. The van der Waals surface area contributed by atoms with Crippen LogP contribution >= 0.6 is 0 Å². The van der Waals surface area contributed by atoms with Gasteiger partial charge in [-0.2, -0.15) is 0 Å². The van der Waals surface area contributed by atoms with Crippen LogP contribution in [0.4, 0.5) is 0 Å². The molecule has 0 aliphatic carbocycles. The topological polar surface area (TPSA) is 25.2 Å². The van der Waals surface area contributed by atoms with Crippen molar-refractivity contribution in [1.29, 1.82) is 0 Å². The zero-order chi connectivity index (χ0) is 13.8. The standard InChI is InChI=1S/C17H25NO/c1-5-9-18-11-17-14(6-2)15-10-13(12(3)4)7-8-16(15)19-17/h7-8,10,12,18H,5-6,9,11H2,1-4H3. The van der Waals surface area contributed by atoms with Gasteiger partial charge < -0.3 is 9.73 Å². The van der Waals surface area contributed by atoms with E-state index in [9.17, 15) is 0 Å². The van der Waals surface area contributed by atoms with E-state index < -0.39 is 0 Å². The molecular formula is C17H25NO. The Morgan fingerprint density at radius 3 is 2.63 bits per heavy atom. The first-order valence-corrected chi connectivity index (χ1v) is 7.42. The molecule has 19 heavy (non-hydrogen) atoms. The third-order valence-electron chi connectivity index (χ3n) is 3.63. The van der Waals surface area contributed by atoms with E-state index in [1.165, 1.54) is 16.5 Å². The Kier molecular flexibility index (Phi) is 4.65. The zero-order valence-corrected chi connectivity index (χ0v) is 12.5. The maximum absolute atomic E-state index is 6.01. The van der Waals surface area contributed by atoms with Crippen LogP contribution in [0.3, 0.4) is 0 Å². The number of fused-ring (bicyclic) bond motifs is 1. The Balaban J connectivity index is 2.37. The summed E-state index contributed by atoms with van der Waals surface area (Å²) in [5.41, 5.74) is 3.77. The lowest BCUT2D eigenvalue weighted by Gasteiger charge is -2.05. The molecule has 1 heterocycles. The first-order chi connectivity index (χ1) is 9.17. The van der Waals surface area contributed by atoms with E-state index in [1.807, 2.05) is 0 Å². The summed E-state index contributed by atoms with van der Waals surface area (Å²) in [6.07, 6.45) is 2.18. The van der Waals surface area contributed by atoms with Crippen molar-refractivity contribution in [3.63, 3.8) is 0 Å². The maximum atomic E-state index is 6.01. The third-order valence-corrected chi connectivity index (χ3v) is 3.63. The molecule has 1 aromatic carbocycles. The highest BCUT2D eigenvalue weighted by atomic mass is 16.3. The molecule has 2 nitrogen and oxygen atoms in total. The van der Waals surface area contributed by atoms with Crippen LogP contribution in [0.2, 0.25) is 0 Å². The van der Waals surface area contributed by atoms with Crippen LogP contribution in [0.5, 0.6) is 0 Å². The van der Waals surface area contributed by atoms with Gasteiger partial charge in [-0.15, -0.1) is 0 Å². The molecule has 2 aromatic rings. The summed E-state index contributed by atoms with van der Waals surface area (Å²) >= 11 is 0. The lowest BCUT2D eigenvalue weighted by Crippen LogP contribution is -2.14. The molecule has 0 fully saturated rings. The number of hydrogen-bond donors (Lipinski definition) is 1. The van der Waals surface area contributed by atoms with Gasteiger partial charge in [-0.05, 0) is 43.0 Å². The summed E-state index contributed by atoms with van der Waals surface area (Å²) in [5.74, 6) is 1.66. The van der Waals surface area contributed by atoms with Crippen LogP contribution in [-0.2, 0) is 13.0 Å². The molecule has 0 aliphatic rings. The van der Waals surface area contributed by atoms with Gasteiger partial charge in [0, 0.05) is 10.9 Å². The largest absolute Gasteiger partial charge is 0.459 e. The van der Waals surface area contributed by atoms with Crippen molar-refractivity contribution in [2.75, 3.05) is 6.54 Å². The second-order valence-corrected chi connectivity index (χ2v) is 5.44. The number of furan rings is 1. The minimum atomic E-state index is 0.561. The Morgan fingerprint density at radius 2 is 2.00 bits per heavy atom. The summed E-state index contributed by atoms with van der Waals surface area (Å²) in [5, 5.41) is 4.72. The van der Waals surface area contributed by atoms with Gasteiger partial charge in [0.15, 0.2) is 0 Å². The Bertz CT molecular complexity index is 539. The van der Waals surface area contributed by atoms with Crippen LogP contribution in [0, 0.1) is 0 Å². The van der Waals surface area contributed by atoms with E-state index in [2.05, 4.69) is 51.2 Å². The Morgan fingerprint density at radius 1 is 1.21 bits per heavy atom. The normalized spacial score (nSPS) is 11.6. The molecule has 0 spiro atoms. The van der Waals surface area contributed by atoms with E-state index in [0.717, 1.165) is 37.3 Å². The van der Waals surface area contributed by atoms with Gasteiger partial charge in [0.25, 0.3) is 0 Å². The monoisotopic (exact) mass is 259 g/mol. The number of aryl methyl sites for hydroxylation is 1. The minimum absolute atomic E-state index is 0.561. The molecular weight excluding hydrogens is 234 g/mol. The van der Waals surface area contributed by atoms with Gasteiger partial charge in [-0.3, -0.25) is 0 Å². The van der Waals surface area contributed by atoms with E-state index in [1.54, 1.807) is 0 Å². The number of nitrogens with one attached hydrogen (secondary N) is 1. The fraction of sp³-hybridized carbons (Fsp3) is 0.529. The summed E-state index contributed by atoms with van der Waals surface area (Å²) in [6, 6.07) is 6.60. The van der Waals surface area contributed by atoms with Gasteiger partial charge in [-0.25, -0.2) is 0 Å².